The Kier molecular flexibility index (Phi) is 7.18. The summed E-state index contributed by atoms with van der Waals surface area (Å²) in [5.41, 5.74) is 8.12. The molecule has 0 spiro atoms. The number of benzene rings is 3. The van der Waals surface area contributed by atoms with Crippen LogP contribution in [0.15, 0.2) is 66.7 Å². The number of nitrogens with zero attached hydrogens (tertiary/aromatic N) is 2. The van der Waals surface area contributed by atoms with Crippen molar-refractivity contribution < 1.29 is 9.53 Å². The van der Waals surface area contributed by atoms with E-state index in [4.69, 9.17) is 17.7 Å². The van der Waals surface area contributed by atoms with E-state index in [9.17, 15) is 4.79 Å². The summed E-state index contributed by atoms with van der Waals surface area (Å²) < 4.78 is 7.35. The van der Waals surface area contributed by atoms with E-state index in [0.717, 1.165) is 53.9 Å². The highest BCUT2D eigenvalue weighted by Crippen LogP contribution is 2.51. The monoisotopic (exact) mass is 489 g/mol. The van der Waals surface area contributed by atoms with Gasteiger partial charge < -0.3 is 10.1 Å². The summed E-state index contributed by atoms with van der Waals surface area (Å²) in [6.07, 6.45) is 3.80. The minimum absolute atomic E-state index is 0.00551. The van der Waals surface area contributed by atoms with Crippen molar-refractivity contribution in [3.63, 3.8) is 0 Å². The van der Waals surface area contributed by atoms with Gasteiger partial charge in [0.25, 0.3) is 0 Å². The van der Waals surface area contributed by atoms with E-state index in [2.05, 4.69) is 43.4 Å². The van der Waals surface area contributed by atoms with Gasteiger partial charge in [-0.3, -0.25) is 4.79 Å². The largest absolute Gasteiger partial charge is 0.496 e. The number of carbonyl (C=O) groups is 1. The molecule has 0 amide bonds. The third-order valence-electron chi connectivity index (χ3n) is 7.23. The lowest BCUT2D eigenvalue weighted by atomic mass is 9.92. The molecule has 0 aliphatic heterocycles. The van der Waals surface area contributed by atoms with Crippen LogP contribution < -0.4 is 15.5 Å². The molecule has 4 aromatic rings. The van der Waals surface area contributed by atoms with Gasteiger partial charge in [-0.2, -0.15) is 4.68 Å². The van der Waals surface area contributed by atoms with E-state index in [1.54, 1.807) is 11.8 Å². The van der Waals surface area contributed by atoms with E-state index >= 15 is 0 Å². The summed E-state index contributed by atoms with van der Waals surface area (Å²) in [4.78, 5) is 13.6. The fraction of sp³-hybridized carbons (Fsp3) is 0.290. The maximum Gasteiger partial charge on any atom is 0.247 e. The molecule has 2 radical (unpaired) electrons. The fourth-order valence-electron chi connectivity index (χ4n) is 5.42. The van der Waals surface area contributed by atoms with Gasteiger partial charge in [0, 0.05) is 29.2 Å². The van der Waals surface area contributed by atoms with Crippen molar-refractivity contribution >= 4 is 30.7 Å². The highest BCUT2D eigenvalue weighted by Gasteiger charge is 2.37. The Bertz CT molecular complexity index is 1430. The van der Waals surface area contributed by atoms with E-state index in [1.165, 1.54) is 16.7 Å². The number of ether oxygens (including phenoxy) is 1. The van der Waals surface area contributed by atoms with Crippen molar-refractivity contribution in [1.29, 1.82) is 0 Å². The van der Waals surface area contributed by atoms with Crippen molar-refractivity contribution in [2.45, 2.75) is 51.9 Å². The molecule has 0 bridgehead atoms. The number of fused-ring (bicyclic) bond motifs is 3. The molecule has 1 heterocycles. The van der Waals surface area contributed by atoms with Gasteiger partial charge in [0.05, 0.1) is 12.8 Å². The number of hydrogen-bond donors (Lipinski definition) is 1. The Morgan fingerprint density at radius 3 is 2.59 bits per heavy atom. The van der Waals surface area contributed by atoms with Crippen LogP contribution in [0.1, 0.15) is 66.1 Å². The predicted octanol–water partition coefficient (Wildman–Crippen LogP) is 6.18. The van der Waals surface area contributed by atoms with Gasteiger partial charge in [-0.15, -0.1) is 5.10 Å². The second kappa shape index (κ2) is 10.7. The molecule has 0 saturated heterocycles. The molecular weight excluding hydrogens is 457 g/mol. The lowest BCUT2D eigenvalue weighted by Gasteiger charge is -2.16. The van der Waals surface area contributed by atoms with Crippen LogP contribution in [0.4, 0.5) is 11.5 Å². The molecule has 0 fully saturated rings. The maximum atomic E-state index is 13.6. The minimum Gasteiger partial charge on any atom is -0.496 e. The molecule has 186 valence electrons. The van der Waals surface area contributed by atoms with Crippen LogP contribution >= 0.6 is 0 Å². The second-order valence-electron chi connectivity index (χ2n) is 9.57. The number of aryl methyl sites for hydroxylation is 2. The quantitative estimate of drug-likeness (QED) is 0.286. The van der Waals surface area contributed by atoms with Gasteiger partial charge in [0.1, 0.15) is 13.6 Å². The van der Waals surface area contributed by atoms with Crippen molar-refractivity contribution in [3.05, 3.63) is 89.0 Å². The van der Waals surface area contributed by atoms with Gasteiger partial charge in [-0.05, 0) is 60.6 Å². The van der Waals surface area contributed by atoms with Gasteiger partial charge in [-0.1, -0.05) is 67.8 Å². The highest BCUT2D eigenvalue weighted by molar-refractivity contribution is 6.32. The van der Waals surface area contributed by atoms with Gasteiger partial charge in [0.15, 0.2) is 5.82 Å². The number of nitrogens with one attached hydrogen (secondary N) is 1. The second-order valence-corrected chi connectivity index (χ2v) is 9.57. The molecule has 5 rings (SSSR count). The molecule has 1 atom stereocenters. The first-order valence-corrected chi connectivity index (χ1v) is 13.1. The van der Waals surface area contributed by atoms with Gasteiger partial charge in [0.2, 0.25) is 5.91 Å². The summed E-state index contributed by atoms with van der Waals surface area (Å²) in [7, 11) is 7.74. The van der Waals surface area contributed by atoms with Crippen LogP contribution in [-0.4, -0.2) is 30.6 Å². The van der Waals surface area contributed by atoms with Crippen LogP contribution in [-0.2, 0) is 12.8 Å². The zero-order chi connectivity index (χ0) is 25.9. The molecule has 1 aromatic heterocycles. The summed E-state index contributed by atoms with van der Waals surface area (Å²) in [5.74, 6) is 1.68. The fourth-order valence-corrected chi connectivity index (χ4v) is 5.42. The summed E-state index contributed by atoms with van der Waals surface area (Å²) in [6, 6.07) is 22.2. The number of anilines is 2. The zero-order valence-corrected chi connectivity index (χ0v) is 21.8. The van der Waals surface area contributed by atoms with Crippen molar-refractivity contribution in [2.75, 3.05) is 12.4 Å². The SMILES string of the molecule is [B]c1cccc(Nc2nn(C(=O)CCCc3ccccc3)c3c2C(CC)c2cc(CC)c(OC)cc2-3)c1. The van der Waals surface area contributed by atoms with Crippen molar-refractivity contribution in [1.82, 2.24) is 9.78 Å². The van der Waals surface area contributed by atoms with Crippen LogP contribution in [0.25, 0.3) is 11.3 Å². The lowest BCUT2D eigenvalue weighted by molar-refractivity contribution is 0.0887. The molecule has 1 unspecified atom stereocenters. The number of carbonyl (C=O) groups excluding carboxylic acids is 1. The molecule has 6 heteroatoms. The summed E-state index contributed by atoms with van der Waals surface area (Å²) >= 11 is 0. The summed E-state index contributed by atoms with van der Waals surface area (Å²) in [6.45, 7) is 4.32. The average Bonchev–Trinajstić information content (AvgIpc) is 3.43. The van der Waals surface area contributed by atoms with Crippen LogP contribution in [0.5, 0.6) is 5.75 Å². The zero-order valence-electron chi connectivity index (χ0n) is 21.8. The third kappa shape index (κ3) is 4.80. The molecule has 1 aliphatic carbocycles. The van der Waals surface area contributed by atoms with Crippen molar-refractivity contribution in [3.8, 4) is 17.0 Å². The van der Waals surface area contributed by atoms with Gasteiger partial charge >= 0.3 is 0 Å². The number of rotatable bonds is 9. The van der Waals surface area contributed by atoms with E-state index in [-0.39, 0.29) is 11.8 Å². The Labute approximate surface area is 220 Å². The normalized spacial score (nSPS) is 13.8. The molecule has 5 nitrogen and oxygen atoms in total. The van der Waals surface area contributed by atoms with Gasteiger partial charge in [-0.25, -0.2) is 0 Å². The number of methoxy groups -OCH3 is 1. The molecule has 0 saturated carbocycles. The first-order chi connectivity index (χ1) is 18.0. The van der Waals surface area contributed by atoms with E-state index in [0.29, 0.717) is 17.7 Å². The van der Waals surface area contributed by atoms with Crippen molar-refractivity contribution in [2.24, 2.45) is 0 Å². The number of aromatic nitrogens is 2. The Hall–Kier alpha value is -3.80. The predicted molar refractivity (Wildman–Crippen MR) is 151 cm³/mol. The number of hydrogen-bond acceptors (Lipinski definition) is 4. The van der Waals surface area contributed by atoms with Crippen LogP contribution in [0.3, 0.4) is 0 Å². The Balaban J connectivity index is 1.56. The molecule has 37 heavy (non-hydrogen) atoms. The van der Waals surface area contributed by atoms with Crippen LogP contribution in [0, 0.1) is 0 Å². The Morgan fingerprint density at radius 2 is 1.89 bits per heavy atom. The molecular formula is C31H32BN3O2. The van der Waals surface area contributed by atoms with E-state index < -0.39 is 0 Å². The van der Waals surface area contributed by atoms with Crippen LogP contribution in [0.2, 0.25) is 0 Å². The molecule has 3 aromatic carbocycles. The minimum atomic E-state index is -0.00551. The maximum absolute atomic E-state index is 13.6. The first kappa shape index (κ1) is 24.9. The lowest BCUT2D eigenvalue weighted by Crippen LogP contribution is -2.14. The topological polar surface area (TPSA) is 56.2 Å². The van der Waals surface area contributed by atoms with E-state index in [1.807, 2.05) is 42.5 Å². The first-order valence-electron chi connectivity index (χ1n) is 13.1. The average molecular weight is 489 g/mol. The highest BCUT2D eigenvalue weighted by atomic mass is 16.5. The molecule has 1 aliphatic rings. The smallest absolute Gasteiger partial charge is 0.247 e. The standard InChI is InChI=1S/C31H32BN3O2/c1-4-21-17-25-24(5-2)29-30(26(25)19-27(21)37-3)35(28(36)16-9-13-20-11-7-6-8-12-20)34-31(29)33-23-15-10-14-22(32)18-23/h6-8,10-12,14-15,17-19,24H,4-5,9,13,16H2,1-3H3,(H,33,34). The summed E-state index contributed by atoms with van der Waals surface area (Å²) in [5, 5.41) is 8.32. The third-order valence-corrected chi connectivity index (χ3v) is 7.23. The Morgan fingerprint density at radius 1 is 1.08 bits per heavy atom. The molecule has 1 N–H and O–H groups in total.